The number of thioether (sulfide) groups is 1. The molecule has 3 rings (SSSR count). The van der Waals surface area contributed by atoms with Crippen molar-refractivity contribution >= 4 is 29.3 Å². The van der Waals surface area contributed by atoms with E-state index in [1.165, 1.54) is 53.3 Å². The lowest BCUT2D eigenvalue weighted by Crippen LogP contribution is -2.44. The van der Waals surface area contributed by atoms with Crippen LogP contribution in [0.2, 0.25) is 0 Å². The van der Waals surface area contributed by atoms with Crippen LogP contribution in [0.3, 0.4) is 0 Å². The largest absolute Gasteiger partial charge is 0.324 e. The fourth-order valence-corrected chi connectivity index (χ4v) is 3.42. The monoisotopic (exact) mass is 346 g/mol. The number of hydrogen-bond acceptors (Lipinski definition) is 5. The Morgan fingerprint density at radius 3 is 2.67 bits per heavy atom. The van der Waals surface area contributed by atoms with E-state index < -0.39 is 6.04 Å². The van der Waals surface area contributed by atoms with Gasteiger partial charge in [-0.3, -0.25) is 14.6 Å². The SMILES string of the molecule is Cc1cnc(C(=O)N2CSCC2C(=O)Nc2ccc(F)cc2)cn1. The molecule has 1 aliphatic heterocycles. The van der Waals surface area contributed by atoms with Crippen molar-refractivity contribution in [3.05, 3.63) is 53.9 Å². The van der Waals surface area contributed by atoms with Crippen LogP contribution >= 0.6 is 11.8 Å². The molecule has 0 aliphatic carbocycles. The maximum Gasteiger partial charge on any atom is 0.275 e. The van der Waals surface area contributed by atoms with E-state index in [4.69, 9.17) is 0 Å². The van der Waals surface area contributed by atoms with E-state index in [1.807, 2.05) is 0 Å². The summed E-state index contributed by atoms with van der Waals surface area (Å²) in [6, 6.07) is 4.89. The molecule has 24 heavy (non-hydrogen) atoms. The molecule has 8 heteroatoms. The van der Waals surface area contributed by atoms with E-state index in [1.54, 1.807) is 6.92 Å². The molecule has 1 fully saturated rings. The topological polar surface area (TPSA) is 75.2 Å². The second kappa shape index (κ2) is 6.96. The first-order chi connectivity index (χ1) is 11.5. The van der Waals surface area contributed by atoms with Gasteiger partial charge in [-0.1, -0.05) is 0 Å². The zero-order chi connectivity index (χ0) is 17.1. The van der Waals surface area contributed by atoms with Gasteiger partial charge in [0.25, 0.3) is 5.91 Å². The number of aryl methyl sites for hydroxylation is 1. The highest BCUT2D eigenvalue weighted by atomic mass is 32.2. The van der Waals surface area contributed by atoms with Crippen LogP contribution in [-0.2, 0) is 4.79 Å². The van der Waals surface area contributed by atoms with E-state index in [9.17, 15) is 14.0 Å². The number of carbonyl (C=O) groups excluding carboxylic acids is 2. The van der Waals surface area contributed by atoms with Gasteiger partial charge in [-0.05, 0) is 31.2 Å². The normalized spacial score (nSPS) is 16.9. The van der Waals surface area contributed by atoms with Gasteiger partial charge in [-0.2, -0.15) is 0 Å². The Hall–Kier alpha value is -2.48. The molecule has 2 aromatic rings. The van der Waals surface area contributed by atoms with Crippen LogP contribution in [0.1, 0.15) is 16.2 Å². The predicted molar refractivity (Wildman–Crippen MR) is 89.1 cm³/mol. The fraction of sp³-hybridized carbons (Fsp3) is 0.250. The number of carbonyl (C=O) groups is 2. The summed E-state index contributed by atoms with van der Waals surface area (Å²) in [6.07, 6.45) is 2.93. The van der Waals surface area contributed by atoms with Crippen LogP contribution in [0, 0.1) is 12.7 Å². The van der Waals surface area contributed by atoms with E-state index in [0.717, 1.165) is 0 Å². The molecule has 124 valence electrons. The molecule has 0 saturated carbocycles. The molecule has 1 unspecified atom stereocenters. The van der Waals surface area contributed by atoms with Gasteiger partial charge >= 0.3 is 0 Å². The Bertz CT molecular complexity index is 752. The quantitative estimate of drug-likeness (QED) is 0.921. The summed E-state index contributed by atoms with van der Waals surface area (Å²) in [5.74, 6) is -0.0977. The second-order valence-electron chi connectivity index (χ2n) is 5.33. The first kappa shape index (κ1) is 16.4. The van der Waals surface area contributed by atoms with Crippen molar-refractivity contribution in [1.82, 2.24) is 14.9 Å². The van der Waals surface area contributed by atoms with Crippen molar-refractivity contribution in [3.8, 4) is 0 Å². The minimum Gasteiger partial charge on any atom is -0.324 e. The summed E-state index contributed by atoms with van der Waals surface area (Å²) in [4.78, 5) is 34.6. The third-order valence-corrected chi connectivity index (χ3v) is 4.57. The third kappa shape index (κ3) is 3.53. The van der Waals surface area contributed by atoms with E-state index in [2.05, 4.69) is 15.3 Å². The second-order valence-corrected chi connectivity index (χ2v) is 6.33. The molecule has 1 aromatic heterocycles. The van der Waals surface area contributed by atoms with Crippen molar-refractivity contribution in [2.24, 2.45) is 0 Å². The molecule has 0 spiro atoms. The van der Waals surface area contributed by atoms with Crippen LogP contribution in [0.4, 0.5) is 10.1 Å². The van der Waals surface area contributed by atoms with E-state index in [-0.39, 0.29) is 23.3 Å². The molecule has 1 saturated heterocycles. The fourth-order valence-electron chi connectivity index (χ4n) is 2.27. The van der Waals surface area contributed by atoms with Crippen molar-refractivity contribution in [2.75, 3.05) is 16.9 Å². The van der Waals surface area contributed by atoms with Gasteiger partial charge in [0.15, 0.2) is 0 Å². The number of rotatable bonds is 3. The first-order valence-electron chi connectivity index (χ1n) is 7.28. The van der Waals surface area contributed by atoms with Crippen LogP contribution < -0.4 is 5.32 Å². The van der Waals surface area contributed by atoms with E-state index >= 15 is 0 Å². The Kier molecular flexibility index (Phi) is 4.75. The summed E-state index contributed by atoms with van der Waals surface area (Å²) in [6.45, 7) is 1.78. The molecule has 6 nitrogen and oxygen atoms in total. The molecule has 1 aliphatic rings. The van der Waals surface area contributed by atoms with Crippen LogP contribution in [0.5, 0.6) is 0 Å². The Morgan fingerprint density at radius 2 is 2.00 bits per heavy atom. The molecular weight excluding hydrogens is 331 g/mol. The van der Waals surface area contributed by atoms with Gasteiger partial charge in [0.05, 0.1) is 17.8 Å². The average Bonchev–Trinajstić information content (AvgIpc) is 3.07. The van der Waals surface area contributed by atoms with Gasteiger partial charge in [0, 0.05) is 17.6 Å². The molecule has 1 aromatic carbocycles. The minimum atomic E-state index is -0.601. The first-order valence-corrected chi connectivity index (χ1v) is 8.44. The molecule has 2 heterocycles. The van der Waals surface area contributed by atoms with Crippen LogP contribution in [0.25, 0.3) is 0 Å². The molecule has 0 radical (unpaired) electrons. The van der Waals surface area contributed by atoms with Crippen molar-refractivity contribution in [2.45, 2.75) is 13.0 Å². The summed E-state index contributed by atoms with van der Waals surface area (Å²) in [7, 11) is 0. The number of anilines is 1. The lowest BCUT2D eigenvalue weighted by atomic mass is 10.2. The summed E-state index contributed by atoms with van der Waals surface area (Å²) in [5.41, 5.74) is 1.41. The van der Waals surface area contributed by atoms with Crippen molar-refractivity contribution < 1.29 is 14.0 Å². The highest BCUT2D eigenvalue weighted by Crippen LogP contribution is 2.24. The lowest BCUT2D eigenvalue weighted by Gasteiger charge is -2.22. The van der Waals surface area contributed by atoms with Gasteiger partial charge in [0.1, 0.15) is 17.6 Å². The standard InChI is InChI=1S/C16H15FN4O2S/c1-10-6-19-13(7-18-10)16(23)21-9-24-8-14(21)15(22)20-12-4-2-11(17)3-5-12/h2-7,14H,8-9H2,1H3,(H,20,22). The Labute approximate surface area is 142 Å². The molecular formula is C16H15FN4O2S. The Morgan fingerprint density at radius 1 is 1.25 bits per heavy atom. The summed E-state index contributed by atoms with van der Waals surface area (Å²) in [5, 5.41) is 2.71. The number of benzene rings is 1. The number of amides is 2. The van der Waals surface area contributed by atoms with Gasteiger partial charge in [-0.25, -0.2) is 9.37 Å². The Balaban J connectivity index is 1.72. The molecule has 0 bridgehead atoms. The van der Waals surface area contributed by atoms with Crippen LogP contribution in [0.15, 0.2) is 36.7 Å². The predicted octanol–water partition coefficient (Wildman–Crippen LogP) is 2.08. The average molecular weight is 346 g/mol. The molecule has 1 N–H and O–H groups in total. The summed E-state index contributed by atoms with van der Waals surface area (Å²) < 4.78 is 12.9. The van der Waals surface area contributed by atoms with E-state index in [0.29, 0.717) is 23.0 Å². The number of halogens is 1. The molecule has 1 atom stereocenters. The lowest BCUT2D eigenvalue weighted by molar-refractivity contribution is -0.119. The maximum atomic E-state index is 12.9. The maximum absolute atomic E-state index is 12.9. The van der Waals surface area contributed by atoms with Crippen LogP contribution in [-0.4, -0.2) is 44.4 Å². The zero-order valence-electron chi connectivity index (χ0n) is 12.9. The number of aromatic nitrogens is 2. The van der Waals surface area contributed by atoms with Gasteiger partial charge in [0.2, 0.25) is 5.91 Å². The zero-order valence-corrected chi connectivity index (χ0v) is 13.7. The number of nitrogens with one attached hydrogen (secondary N) is 1. The smallest absolute Gasteiger partial charge is 0.275 e. The van der Waals surface area contributed by atoms with Crippen molar-refractivity contribution in [3.63, 3.8) is 0 Å². The highest BCUT2D eigenvalue weighted by molar-refractivity contribution is 7.99. The van der Waals surface area contributed by atoms with Gasteiger partial charge in [-0.15, -0.1) is 11.8 Å². The number of hydrogen-bond donors (Lipinski definition) is 1. The molecule has 2 amide bonds. The van der Waals surface area contributed by atoms with Crippen molar-refractivity contribution in [1.29, 1.82) is 0 Å². The third-order valence-electron chi connectivity index (χ3n) is 3.56. The minimum absolute atomic E-state index is 0.211. The highest BCUT2D eigenvalue weighted by Gasteiger charge is 2.35. The summed E-state index contributed by atoms with van der Waals surface area (Å²) >= 11 is 1.49. The van der Waals surface area contributed by atoms with Gasteiger partial charge < -0.3 is 10.2 Å². The number of nitrogens with zero attached hydrogens (tertiary/aromatic N) is 3.